The van der Waals surface area contributed by atoms with E-state index in [4.69, 9.17) is 0 Å². The van der Waals surface area contributed by atoms with Crippen LogP contribution in [-0.4, -0.2) is 30.7 Å². The summed E-state index contributed by atoms with van der Waals surface area (Å²) in [5, 5.41) is 4.53. The van der Waals surface area contributed by atoms with Crippen molar-refractivity contribution in [2.24, 2.45) is 5.41 Å². The summed E-state index contributed by atoms with van der Waals surface area (Å²) in [5.74, 6) is 0. The smallest absolute Gasteiger partial charge is 0.331 e. The van der Waals surface area contributed by atoms with Gasteiger partial charge < -0.3 is 5.32 Å². The van der Waals surface area contributed by atoms with Crippen LogP contribution in [0.25, 0.3) is 0 Å². The molecule has 0 aliphatic carbocycles. The third-order valence-corrected chi connectivity index (χ3v) is 1.88. The first-order valence-corrected chi connectivity index (χ1v) is 4.78. The van der Waals surface area contributed by atoms with Gasteiger partial charge in [0.1, 0.15) is 0 Å². The van der Waals surface area contributed by atoms with Crippen LogP contribution in [0.4, 0.5) is 4.79 Å². The Kier molecular flexibility index (Phi) is 3.14. The average molecular weight is 185 g/mol. The van der Waals surface area contributed by atoms with Crippen LogP contribution in [0.2, 0.25) is 0 Å². The van der Waals surface area contributed by atoms with Crippen molar-refractivity contribution in [3.05, 3.63) is 0 Å². The molecule has 0 atom stereocenters. The largest absolute Gasteiger partial charge is 0.336 e. The van der Waals surface area contributed by atoms with E-state index in [0.717, 1.165) is 19.5 Å². The summed E-state index contributed by atoms with van der Waals surface area (Å²) in [4.78, 5) is 11.4. The highest BCUT2D eigenvalue weighted by molar-refractivity contribution is 5.73. The van der Waals surface area contributed by atoms with Crippen LogP contribution in [0.5, 0.6) is 0 Å². The van der Waals surface area contributed by atoms with Gasteiger partial charge in [-0.05, 0) is 11.8 Å². The van der Waals surface area contributed by atoms with E-state index in [1.54, 1.807) is 5.01 Å². The Morgan fingerprint density at radius 2 is 2.23 bits per heavy atom. The molecule has 13 heavy (non-hydrogen) atoms. The van der Waals surface area contributed by atoms with Crippen LogP contribution in [0.1, 0.15) is 27.2 Å². The van der Waals surface area contributed by atoms with Crippen molar-refractivity contribution < 1.29 is 4.79 Å². The molecule has 0 unspecified atom stereocenters. The summed E-state index contributed by atoms with van der Waals surface area (Å²) in [6.45, 7) is 8.74. The molecule has 2 N–H and O–H groups in total. The minimum Gasteiger partial charge on any atom is -0.336 e. The molecule has 0 radical (unpaired) electrons. The Morgan fingerprint density at radius 3 is 2.69 bits per heavy atom. The SMILES string of the molecule is CC(C)(C)CNC(=O)N1CCCN1. The summed E-state index contributed by atoms with van der Waals surface area (Å²) in [7, 11) is 0. The lowest BCUT2D eigenvalue weighted by molar-refractivity contribution is 0.186. The van der Waals surface area contributed by atoms with Crippen molar-refractivity contribution in [3.8, 4) is 0 Å². The molecule has 0 bridgehead atoms. The molecule has 0 aromatic carbocycles. The molecule has 1 heterocycles. The standard InChI is InChI=1S/C9H19N3O/c1-9(2,3)7-10-8(13)12-6-4-5-11-12/h11H,4-7H2,1-3H3,(H,10,13). The molecule has 4 heteroatoms. The molecule has 1 aliphatic heterocycles. The van der Waals surface area contributed by atoms with Gasteiger partial charge in [0.2, 0.25) is 0 Å². The van der Waals surface area contributed by atoms with E-state index in [1.165, 1.54) is 0 Å². The van der Waals surface area contributed by atoms with Gasteiger partial charge in [-0.2, -0.15) is 0 Å². The zero-order chi connectivity index (χ0) is 9.90. The molecule has 1 rings (SSSR count). The number of carbonyl (C=O) groups excluding carboxylic acids is 1. The molecule has 1 fully saturated rings. The van der Waals surface area contributed by atoms with Crippen molar-refractivity contribution in [1.29, 1.82) is 0 Å². The van der Waals surface area contributed by atoms with Gasteiger partial charge in [0.05, 0.1) is 0 Å². The number of hydrogen-bond acceptors (Lipinski definition) is 2. The third kappa shape index (κ3) is 3.63. The lowest BCUT2D eigenvalue weighted by Gasteiger charge is -2.22. The van der Waals surface area contributed by atoms with Gasteiger partial charge in [-0.1, -0.05) is 20.8 Å². The van der Waals surface area contributed by atoms with Crippen LogP contribution in [0.3, 0.4) is 0 Å². The van der Waals surface area contributed by atoms with Gasteiger partial charge >= 0.3 is 6.03 Å². The molecule has 2 amide bonds. The van der Waals surface area contributed by atoms with Crippen LogP contribution >= 0.6 is 0 Å². The summed E-state index contributed by atoms with van der Waals surface area (Å²) in [5.41, 5.74) is 3.16. The second-order valence-electron chi connectivity index (χ2n) is 4.63. The number of urea groups is 1. The maximum atomic E-state index is 11.4. The Balaban J connectivity index is 2.25. The van der Waals surface area contributed by atoms with Gasteiger partial charge in [0.25, 0.3) is 0 Å². The Labute approximate surface area is 79.6 Å². The van der Waals surface area contributed by atoms with Crippen molar-refractivity contribution in [2.45, 2.75) is 27.2 Å². The topological polar surface area (TPSA) is 44.4 Å². The molecule has 1 saturated heterocycles. The fourth-order valence-electron chi connectivity index (χ4n) is 1.14. The van der Waals surface area contributed by atoms with Gasteiger partial charge in [-0.15, -0.1) is 0 Å². The average Bonchev–Trinajstić information content (AvgIpc) is 2.50. The first-order valence-electron chi connectivity index (χ1n) is 4.78. The number of amides is 2. The van der Waals surface area contributed by atoms with Gasteiger partial charge in [0, 0.05) is 19.6 Å². The zero-order valence-electron chi connectivity index (χ0n) is 8.68. The van der Waals surface area contributed by atoms with Crippen LogP contribution in [0.15, 0.2) is 0 Å². The predicted octanol–water partition coefficient (Wildman–Crippen LogP) is 0.952. The van der Waals surface area contributed by atoms with E-state index >= 15 is 0 Å². The number of hydrogen-bond donors (Lipinski definition) is 2. The number of nitrogens with one attached hydrogen (secondary N) is 2. The molecular formula is C9H19N3O. The van der Waals surface area contributed by atoms with E-state index in [9.17, 15) is 4.79 Å². The normalized spacial score (nSPS) is 17.6. The maximum absolute atomic E-state index is 11.4. The monoisotopic (exact) mass is 185 g/mol. The molecule has 0 aromatic rings. The van der Waals surface area contributed by atoms with Crippen molar-refractivity contribution in [2.75, 3.05) is 19.6 Å². The van der Waals surface area contributed by atoms with E-state index in [2.05, 4.69) is 31.5 Å². The molecule has 4 nitrogen and oxygen atoms in total. The third-order valence-electron chi connectivity index (χ3n) is 1.88. The van der Waals surface area contributed by atoms with Gasteiger partial charge in [-0.25, -0.2) is 10.2 Å². The van der Waals surface area contributed by atoms with E-state index in [0.29, 0.717) is 6.54 Å². The first-order chi connectivity index (χ1) is 5.99. The number of nitrogens with zero attached hydrogens (tertiary/aromatic N) is 1. The highest BCUT2D eigenvalue weighted by Crippen LogP contribution is 2.10. The fourth-order valence-corrected chi connectivity index (χ4v) is 1.14. The minimum absolute atomic E-state index is 0.00701. The summed E-state index contributed by atoms with van der Waals surface area (Å²) < 4.78 is 0. The fraction of sp³-hybridized carbons (Fsp3) is 0.889. The minimum atomic E-state index is -0.00701. The Bertz CT molecular complexity index is 180. The summed E-state index contributed by atoms with van der Waals surface area (Å²) >= 11 is 0. The molecule has 0 saturated carbocycles. The molecular weight excluding hydrogens is 166 g/mol. The van der Waals surface area contributed by atoms with E-state index in [1.807, 2.05) is 0 Å². The predicted molar refractivity (Wildman–Crippen MR) is 52.2 cm³/mol. The summed E-state index contributed by atoms with van der Waals surface area (Å²) in [6.07, 6.45) is 1.04. The van der Waals surface area contributed by atoms with E-state index < -0.39 is 0 Å². The quantitative estimate of drug-likeness (QED) is 0.639. The second kappa shape index (κ2) is 3.96. The van der Waals surface area contributed by atoms with Gasteiger partial charge in [0.15, 0.2) is 0 Å². The zero-order valence-corrected chi connectivity index (χ0v) is 8.68. The highest BCUT2D eigenvalue weighted by atomic mass is 16.2. The number of hydrazine groups is 1. The first kappa shape index (κ1) is 10.3. The van der Waals surface area contributed by atoms with Crippen LogP contribution in [0, 0.1) is 5.41 Å². The molecule has 0 spiro atoms. The van der Waals surface area contributed by atoms with E-state index in [-0.39, 0.29) is 11.4 Å². The lowest BCUT2D eigenvalue weighted by atomic mass is 9.97. The Morgan fingerprint density at radius 1 is 1.54 bits per heavy atom. The Hall–Kier alpha value is -0.770. The number of rotatable bonds is 1. The maximum Gasteiger partial charge on any atom is 0.331 e. The van der Waals surface area contributed by atoms with Crippen molar-refractivity contribution in [1.82, 2.24) is 15.8 Å². The molecule has 0 aromatic heterocycles. The van der Waals surface area contributed by atoms with Crippen molar-refractivity contribution >= 4 is 6.03 Å². The molecule has 1 aliphatic rings. The van der Waals surface area contributed by atoms with Gasteiger partial charge in [-0.3, -0.25) is 5.01 Å². The van der Waals surface area contributed by atoms with Crippen molar-refractivity contribution in [3.63, 3.8) is 0 Å². The van der Waals surface area contributed by atoms with Crippen LogP contribution < -0.4 is 10.7 Å². The lowest BCUT2D eigenvalue weighted by Crippen LogP contribution is -2.46. The summed E-state index contributed by atoms with van der Waals surface area (Å²) in [6, 6.07) is -0.00701. The molecule has 76 valence electrons. The van der Waals surface area contributed by atoms with Crippen LogP contribution in [-0.2, 0) is 0 Å². The number of carbonyl (C=O) groups is 1. The highest BCUT2D eigenvalue weighted by Gasteiger charge is 2.19. The second-order valence-corrected chi connectivity index (χ2v) is 4.63.